The SMILES string of the molecule is CC(C)CCN(CC1CCNC1)C1CC1. The number of nitrogens with one attached hydrogen (secondary N) is 1. The maximum Gasteiger partial charge on any atom is 0.00965 e. The molecule has 0 radical (unpaired) electrons. The van der Waals surface area contributed by atoms with Crippen LogP contribution in [-0.4, -0.2) is 37.1 Å². The van der Waals surface area contributed by atoms with Gasteiger partial charge < -0.3 is 10.2 Å². The maximum atomic E-state index is 3.48. The normalized spacial score (nSPS) is 26.8. The molecule has 2 nitrogen and oxygen atoms in total. The Morgan fingerprint density at radius 3 is 2.60 bits per heavy atom. The van der Waals surface area contributed by atoms with Gasteiger partial charge in [0.05, 0.1) is 0 Å². The van der Waals surface area contributed by atoms with E-state index < -0.39 is 0 Å². The largest absolute Gasteiger partial charge is 0.316 e. The van der Waals surface area contributed by atoms with Crippen molar-refractivity contribution in [2.24, 2.45) is 11.8 Å². The summed E-state index contributed by atoms with van der Waals surface area (Å²) in [6.45, 7) is 9.85. The van der Waals surface area contributed by atoms with Crippen LogP contribution in [0.1, 0.15) is 39.5 Å². The van der Waals surface area contributed by atoms with Crippen LogP contribution in [0.5, 0.6) is 0 Å². The predicted molar refractivity (Wildman–Crippen MR) is 65.0 cm³/mol. The Morgan fingerprint density at radius 2 is 2.07 bits per heavy atom. The van der Waals surface area contributed by atoms with Crippen LogP contribution < -0.4 is 5.32 Å². The summed E-state index contributed by atoms with van der Waals surface area (Å²) in [6.07, 6.45) is 5.68. The van der Waals surface area contributed by atoms with E-state index in [1.54, 1.807) is 0 Å². The zero-order valence-electron chi connectivity index (χ0n) is 10.3. The molecule has 1 saturated carbocycles. The van der Waals surface area contributed by atoms with E-state index in [4.69, 9.17) is 0 Å². The van der Waals surface area contributed by atoms with Crippen molar-refractivity contribution in [1.82, 2.24) is 10.2 Å². The summed E-state index contributed by atoms with van der Waals surface area (Å²) in [6, 6.07) is 0.948. The molecule has 1 unspecified atom stereocenters. The van der Waals surface area contributed by atoms with Crippen molar-refractivity contribution < 1.29 is 0 Å². The van der Waals surface area contributed by atoms with Gasteiger partial charge in [0, 0.05) is 12.6 Å². The van der Waals surface area contributed by atoms with Crippen LogP contribution in [0.2, 0.25) is 0 Å². The molecule has 2 rings (SSSR count). The number of nitrogens with zero attached hydrogens (tertiary/aromatic N) is 1. The second kappa shape index (κ2) is 5.31. The van der Waals surface area contributed by atoms with Gasteiger partial charge in [-0.15, -0.1) is 0 Å². The van der Waals surface area contributed by atoms with E-state index in [0.29, 0.717) is 0 Å². The van der Waals surface area contributed by atoms with Crippen LogP contribution in [0, 0.1) is 11.8 Å². The Balaban J connectivity index is 1.72. The van der Waals surface area contributed by atoms with Gasteiger partial charge in [0.25, 0.3) is 0 Å². The monoisotopic (exact) mass is 210 g/mol. The van der Waals surface area contributed by atoms with Gasteiger partial charge >= 0.3 is 0 Å². The molecule has 2 heteroatoms. The number of rotatable bonds is 6. The molecule has 0 spiro atoms. The Morgan fingerprint density at radius 1 is 1.27 bits per heavy atom. The minimum atomic E-state index is 0.855. The highest BCUT2D eigenvalue weighted by Gasteiger charge is 2.30. The summed E-state index contributed by atoms with van der Waals surface area (Å²) in [5.41, 5.74) is 0. The van der Waals surface area contributed by atoms with Crippen molar-refractivity contribution in [3.8, 4) is 0 Å². The molecule has 0 bridgehead atoms. The van der Waals surface area contributed by atoms with Crippen LogP contribution in [0.15, 0.2) is 0 Å². The van der Waals surface area contributed by atoms with Crippen molar-refractivity contribution in [3.63, 3.8) is 0 Å². The highest BCUT2D eigenvalue weighted by Crippen LogP contribution is 2.28. The summed E-state index contributed by atoms with van der Waals surface area (Å²) in [5.74, 6) is 1.78. The first kappa shape index (κ1) is 11.4. The molecule has 0 aromatic rings. The van der Waals surface area contributed by atoms with E-state index in [-0.39, 0.29) is 0 Å². The minimum Gasteiger partial charge on any atom is -0.316 e. The molecule has 0 aromatic heterocycles. The Hall–Kier alpha value is -0.0800. The molecule has 1 atom stereocenters. The van der Waals surface area contributed by atoms with E-state index in [9.17, 15) is 0 Å². The van der Waals surface area contributed by atoms with Gasteiger partial charge in [0.15, 0.2) is 0 Å². The molecule has 1 N–H and O–H groups in total. The minimum absolute atomic E-state index is 0.855. The zero-order chi connectivity index (χ0) is 10.7. The van der Waals surface area contributed by atoms with Crippen molar-refractivity contribution in [2.75, 3.05) is 26.2 Å². The quantitative estimate of drug-likeness (QED) is 0.722. The average molecular weight is 210 g/mol. The van der Waals surface area contributed by atoms with E-state index >= 15 is 0 Å². The standard InChI is InChI=1S/C13H26N2/c1-11(2)6-8-15(13-3-4-13)10-12-5-7-14-9-12/h11-14H,3-10H2,1-2H3. The summed E-state index contributed by atoms with van der Waals surface area (Å²) < 4.78 is 0. The third-order valence-electron chi connectivity index (χ3n) is 3.71. The second-order valence-electron chi connectivity index (χ2n) is 5.77. The van der Waals surface area contributed by atoms with E-state index in [1.807, 2.05) is 0 Å². The highest BCUT2D eigenvalue weighted by atomic mass is 15.2. The fourth-order valence-corrected chi connectivity index (χ4v) is 2.49. The molecule has 88 valence electrons. The lowest BCUT2D eigenvalue weighted by Gasteiger charge is -2.25. The molecule has 0 amide bonds. The van der Waals surface area contributed by atoms with E-state index in [0.717, 1.165) is 17.9 Å². The molecular weight excluding hydrogens is 184 g/mol. The summed E-state index contributed by atoms with van der Waals surface area (Å²) in [7, 11) is 0. The second-order valence-corrected chi connectivity index (χ2v) is 5.77. The zero-order valence-corrected chi connectivity index (χ0v) is 10.3. The van der Waals surface area contributed by atoms with Gasteiger partial charge in [-0.1, -0.05) is 13.8 Å². The first-order chi connectivity index (χ1) is 7.25. The molecule has 2 aliphatic rings. The fraction of sp³-hybridized carbons (Fsp3) is 1.00. The van der Waals surface area contributed by atoms with Gasteiger partial charge in [-0.2, -0.15) is 0 Å². The summed E-state index contributed by atoms with van der Waals surface area (Å²) >= 11 is 0. The molecule has 1 aliphatic carbocycles. The molecule has 1 heterocycles. The number of hydrogen-bond acceptors (Lipinski definition) is 2. The first-order valence-corrected chi connectivity index (χ1v) is 6.70. The van der Waals surface area contributed by atoms with Crippen molar-refractivity contribution in [3.05, 3.63) is 0 Å². The lowest BCUT2D eigenvalue weighted by Crippen LogP contribution is -2.33. The van der Waals surface area contributed by atoms with Crippen LogP contribution in [0.25, 0.3) is 0 Å². The summed E-state index contributed by atoms with van der Waals surface area (Å²) in [5, 5.41) is 3.48. The van der Waals surface area contributed by atoms with Crippen molar-refractivity contribution in [2.45, 2.75) is 45.6 Å². The third kappa shape index (κ3) is 3.76. The highest BCUT2D eigenvalue weighted by molar-refractivity contribution is 4.87. The van der Waals surface area contributed by atoms with Crippen LogP contribution in [0.3, 0.4) is 0 Å². The average Bonchev–Trinajstić information content (AvgIpc) is 2.91. The van der Waals surface area contributed by atoms with Crippen LogP contribution in [-0.2, 0) is 0 Å². The lowest BCUT2D eigenvalue weighted by atomic mass is 10.1. The smallest absolute Gasteiger partial charge is 0.00965 e. The maximum absolute atomic E-state index is 3.48. The van der Waals surface area contributed by atoms with Gasteiger partial charge in [-0.05, 0) is 57.2 Å². The van der Waals surface area contributed by atoms with Gasteiger partial charge in [0.2, 0.25) is 0 Å². The first-order valence-electron chi connectivity index (χ1n) is 6.70. The van der Waals surface area contributed by atoms with Crippen molar-refractivity contribution >= 4 is 0 Å². The molecular formula is C13H26N2. The fourth-order valence-electron chi connectivity index (χ4n) is 2.49. The molecule has 15 heavy (non-hydrogen) atoms. The van der Waals surface area contributed by atoms with E-state index in [1.165, 1.54) is 51.9 Å². The Labute approximate surface area is 94.4 Å². The Kier molecular flexibility index (Phi) is 4.04. The summed E-state index contributed by atoms with van der Waals surface area (Å²) in [4.78, 5) is 2.76. The third-order valence-corrected chi connectivity index (χ3v) is 3.71. The Bertz CT molecular complexity index is 181. The van der Waals surface area contributed by atoms with Crippen LogP contribution in [0.4, 0.5) is 0 Å². The van der Waals surface area contributed by atoms with Crippen LogP contribution >= 0.6 is 0 Å². The van der Waals surface area contributed by atoms with Crippen molar-refractivity contribution in [1.29, 1.82) is 0 Å². The molecule has 1 aliphatic heterocycles. The lowest BCUT2D eigenvalue weighted by molar-refractivity contribution is 0.215. The predicted octanol–water partition coefficient (Wildman–Crippen LogP) is 2.11. The molecule has 1 saturated heterocycles. The topological polar surface area (TPSA) is 15.3 Å². The van der Waals surface area contributed by atoms with Gasteiger partial charge in [-0.25, -0.2) is 0 Å². The molecule has 0 aromatic carbocycles. The van der Waals surface area contributed by atoms with Gasteiger partial charge in [0.1, 0.15) is 0 Å². The van der Waals surface area contributed by atoms with E-state index in [2.05, 4.69) is 24.1 Å². The number of hydrogen-bond donors (Lipinski definition) is 1. The van der Waals surface area contributed by atoms with Gasteiger partial charge in [-0.3, -0.25) is 0 Å². The molecule has 2 fully saturated rings.